The number of hydrogen-bond acceptors (Lipinski definition) is 22. The second-order valence-corrected chi connectivity index (χ2v) is 31.4. The van der Waals surface area contributed by atoms with Gasteiger partial charge in [0, 0.05) is 85.1 Å². The molecule has 0 unspecified atom stereocenters. The molecule has 1 aliphatic heterocycles. The molecule has 3 heterocycles. The standard InChI is InChI=1S/C78H122N14O20S/c1-18-49(8)68(61(108-16)42-64(96)92-34-23-27-59(92)70(109-17)50(9)72(98)82-51(10)69(97)54-24-20-19-21-25-54)89(14)77(103)66(47(4)5)87-76(102)67(48(6)7)90(15)78(104)112-44-53-28-29-57(60(93)40-53)85-73(99)52(11)83-75(101)65(46(2)3)86-63(95)31-36-110-38-39-111-37-33-81-74(100)58(45-113(105,106)107)84-62(94)30-35-91-56(43-88(13)79-12)41-55-26-22-32-80-71(55)91/h19-22,24-26,28-29,32,40-41,46-52,58-59,61,65-70,79,93,97H,18,23,27,30-31,33-39,42-45H2,1-17H3,(H,81,100)(H,82,98)(H,83,101)(H,84,94)(H,85,99)(H,86,95)(H,87,102)(H,105,106,107)/t49-,50+,51+,52-,58-,59-,61+,65-,66-,67-,68-,69+,70+/m0/s1. The van der Waals surface area contributed by atoms with Gasteiger partial charge in [-0.15, -0.1) is 0 Å². The molecule has 10 amide bonds. The number of carbonyl (C=O) groups is 10. The Kier molecular flexibility index (Phi) is 38.4. The average molecular weight is 1610 g/mol. The fraction of sp³-hybridized carbons (Fsp3) is 0.628. The molecule has 630 valence electrons. The number of nitrogens with one attached hydrogen (secondary N) is 8. The number of rotatable bonds is 47. The number of methoxy groups -OCH3 is 2. The number of pyridine rings is 1. The molecule has 13 atom stereocenters. The zero-order chi connectivity index (χ0) is 84.1. The predicted octanol–water partition coefficient (Wildman–Crippen LogP) is 3.79. The van der Waals surface area contributed by atoms with Crippen molar-refractivity contribution in [2.75, 3.05) is 93.0 Å². The van der Waals surface area contributed by atoms with Gasteiger partial charge in [-0.25, -0.2) is 14.8 Å². The number of phenolic OH excluding ortho intramolecular Hbond substituents is 1. The molecule has 1 fully saturated rings. The number of anilines is 1. The summed E-state index contributed by atoms with van der Waals surface area (Å²) < 4.78 is 63.8. The van der Waals surface area contributed by atoms with E-state index >= 15 is 0 Å². The first kappa shape index (κ1) is 94.7. The normalized spacial score (nSPS) is 16.3. The molecule has 113 heavy (non-hydrogen) atoms. The highest BCUT2D eigenvalue weighted by molar-refractivity contribution is 7.85. The number of benzene rings is 2. The van der Waals surface area contributed by atoms with Crippen molar-refractivity contribution in [1.29, 1.82) is 0 Å². The third-order valence-electron chi connectivity index (χ3n) is 20.3. The number of likely N-dealkylation sites (N-methyl/N-ethyl adjacent to an activating group) is 2. The van der Waals surface area contributed by atoms with Gasteiger partial charge in [-0.05, 0) is 98.9 Å². The molecule has 4 aromatic rings. The number of phenols is 1. The van der Waals surface area contributed by atoms with E-state index in [1.807, 2.05) is 60.8 Å². The highest BCUT2D eigenvalue weighted by Gasteiger charge is 2.44. The molecule has 1 aliphatic rings. The van der Waals surface area contributed by atoms with Crippen LogP contribution in [0.3, 0.4) is 0 Å². The highest BCUT2D eigenvalue weighted by atomic mass is 32.2. The van der Waals surface area contributed by atoms with Crippen LogP contribution in [0, 0.1) is 29.6 Å². The van der Waals surface area contributed by atoms with Crippen molar-refractivity contribution in [3.63, 3.8) is 0 Å². The number of fused-ring (bicyclic) bond motifs is 1. The molecule has 11 N–H and O–H groups in total. The molecule has 35 heteroatoms. The van der Waals surface area contributed by atoms with E-state index < -0.39 is 159 Å². The van der Waals surface area contributed by atoms with Gasteiger partial charge in [0.05, 0.1) is 87.4 Å². The van der Waals surface area contributed by atoms with Crippen molar-refractivity contribution < 1.29 is 94.8 Å². The molecule has 2 aromatic carbocycles. The molecule has 0 spiro atoms. The summed E-state index contributed by atoms with van der Waals surface area (Å²) in [5, 5.41) is 43.2. The van der Waals surface area contributed by atoms with E-state index in [-0.39, 0.29) is 88.8 Å². The number of aliphatic hydroxyl groups is 1. The minimum Gasteiger partial charge on any atom is -0.506 e. The van der Waals surface area contributed by atoms with Crippen molar-refractivity contribution in [2.45, 2.75) is 201 Å². The number of aliphatic hydroxyl groups excluding tert-OH is 1. The van der Waals surface area contributed by atoms with Crippen molar-refractivity contribution in [1.82, 2.24) is 66.6 Å². The Morgan fingerprint density at radius 1 is 0.708 bits per heavy atom. The van der Waals surface area contributed by atoms with E-state index in [2.05, 4.69) is 47.6 Å². The molecule has 2 aromatic heterocycles. The largest absolute Gasteiger partial charge is 0.506 e. The number of hydrogen-bond donors (Lipinski definition) is 11. The molecular formula is C78H122N14O20S. The monoisotopic (exact) mass is 1610 g/mol. The first-order valence-corrected chi connectivity index (χ1v) is 40.1. The van der Waals surface area contributed by atoms with Gasteiger partial charge in [0.15, 0.2) is 0 Å². The molecule has 0 bridgehead atoms. The van der Waals surface area contributed by atoms with Crippen LogP contribution in [-0.4, -0.2) is 260 Å². The molecule has 1 saturated heterocycles. The number of carbonyl (C=O) groups excluding carboxylic acids is 10. The Labute approximate surface area is 663 Å². The Morgan fingerprint density at radius 2 is 1.37 bits per heavy atom. The Balaban J connectivity index is 1.05. The minimum atomic E-state index is -4.69. The summed E-state index contributed by atoms with van der Waals surface area (Å²) >= 11 is 0. The second kappa shape index (κ2) is 45.8. The van der Waals surface area contributed by atoms with Crippen molar-refractivity contribution in [3.8, 4) is 5.75 Å². The zero-order valence-electron chi connectivity index (χ0n) is 68.4. The van der Waals surface area contributed by atoms with Crippen LogP contribution in [0.2, 0.25) is 0 Å². The van der Waals surface area contributed by atoms with Gasteiger partial charge < -0.3 is 85.5 Å². The van der Waals surface area contributed by atoms with Crippen LogP contribution < -0.4 is 42.6 Å². The van der Waals surface area contributed by atoms with Crippen LogP contribution in [-0.2, 0) is 96.6 Å². The Morgan fingerprint density at radius 3 is 1.98 bits per heavy atom. The SMILES string of the molecule is CC[C@H](C)[C@@H]([C@@H](CC(=O)N1CCC[C@H]1[C@H](OC)[C@@H](C)C(=O)N[C@H](C)[C@@H](O)c1ccccc1)OC)N(C)C(=O)[C@@H](NC(=O)[C@H](C(C)C)N(C)C(=O)OCc1ccc(NC(=O)[C@H](C)NC(=O)[C@@H](NC(=O)CCOCCOCCNC(=O)[C@H](CS(=O)(=O)O)NC(=O)CCn2c(CN(C)NC)cc3cccnc32)C(C)C)c(O)c1)C(C)C. The van der Waals surface area contributed by atoms with Gasteiger partial charge in [0.25, 0.3) is 10.1 Å². The Hall–Kier alpha value is -8.94. The second-order valence-electron chi connectivity index (χ2n) is 29.9. The smallest absolute Gasteiger partial charge is 0.410 e. The van der Waals surface area contributed by atoms with E-state index in [1.54, 1.807) is 98.8 Å². The fourth-order valence-electron chi connectivity index (χ4n) is 13.7. The quantitative estimate of drug-likeness (QED) is 0.0130. The molecule has 34 nitrogen and oxygen atoms in total. The van der Waals surface area contributed by atoms with Crippen LogP contribution in [0.15, 0.2) is 72.9 Å². The first-order chi connectivity index (χ1) is 53.4. The number of amides is 10. The van der Waals surface area contributed by atoms with E-state index in [4.69, 9.17) is 23.7 Å². The number of aromatic nitrogens is 2. The van der Waals surface area contributed by atoms with Gasteiger partial charge >= 0.3 is 6.09 Å². The maximum atomic E-state index is 14.8. The molecule has 0 aliphatic carbocycles. The molecular weight excluding hydrogens is 1490 g/mol. The minimum absolute atomic E-state index is 0.0289. The number of nitrogens with zero attached hydrogens (tertiary/aromatic N) is 6. The summed E-state index contributed by atoms with van der Waals surface area (Å²) in [6, 6.07) is 11.0. The molecule has 0 radical (unpaired) electrons. The first-order valence-electron chi connectivity index (χ1n) is 38.4. The van der Waals surface area contributed by atoms with Gasteiger partial charge in [-0.1, -0.05) is 105 Å². The van der Waals surface area contributed by atoms with Gasteiger partial charge in [-0.3, -0.25) is 58.0 Å². The summed E-state index contributed by atoms with van der Waals surface area (Å²) in [5.41, 5.74) is 5.43. The van der Waals surface area contributed by atoms with E-state index in [0.717, 1.165) is 16.0 Å². The summed E-state index contributed by atoms with van der Waals surface area (Å²) in [5.74, 6) is -8.84. The third-order valence-corrected chi connectivity index (χ3v) is 21.0. The number of hydrazine groups is 1. The maximum absolute atomic E-state index is 14.8. The van der Waals surface area contributed by atoms with Crippen LogP contribution in [0.25, 0.3) is 11.0 Å². The highest BCUT2D eigenvalue weighted by Crippen LogP contribution is 2.32. The van der Waals surface area contributed by atoms with Crippen LogP contribution in [0.5, 0.6) is 5.75 Å². The van der Waals surface area contributed by atoms with Gasteiger partial charge in [-0.2, -0.15) is 8.42 Å². The van der Waals surface area contributed by atoms with Crippen molar-refractivity contribution in [3.05, 3.63) is 89.7 Å². The number of ether oxygens (including phenoxy) is 5. The summed E-state index contributed by atoms with van der Waals surface area (Å²) in [7, 11) is 4.91. The van der Waals surface area contributed by atoms with Crippen LogP contribution in [0.4, 0.5) is 10.5 Å². The van der Waals surface area contributed by atoms with Crippen LogP contribution >= 0.6 is 0 Å². The number of aryl methyl sites for hydroxylation is 1. The predicted molar refractivity (Wildman–Crippen MR) is 422 cm³/mol. The lowest BCUT2D eigenvalue weighted by molar-refractivity contribution is -0.148. The lowest BCUT2D eigenvalue weighted by Crippen LogP contribution is -2.60. The maximum Gasteiger partial charge on any atom is 0.410 e. The summed E-state index contributed by atoms with van der Waals surface area (Å²) in [4.78, 5) is 146. The summed E-state index contributed by atoms with van der Waals surface area (Å²) in [6.45, 7) is 19.7. The van der Waals surface area contributed by atoms with Crippen LogP contribution in [0.1, 0.15) is 138 Å². The average Bonchev–Trinajstić information content (AvgIpc) is 1.65. The lowest BCUT2D eigenvalue weighted by Gasteiger charge is -2.41. The van der Waals surface area contributed by atoms with E-state index in [0.29, 0.717) is 49.1 Å². The van der Waals surface area contributed by atoms with Crippen molar-refractivity contribution >= 4 is 86.1 Å². The fourth-order valence-corrected chi connectivity index (χ4v) is 14.3. The Bertz CT molecular complexity index is 3910. The number of likely N-dealkylation sites (tertiary alicyclic amines) is 1. The zero-order valence-corrected chi connectivity index (χ0v) is 69.2. The van der Waals surface area contributed by atoms with Crippen molar-refractivity contribution in [2.24, 2.45) is 29.6 Å². The molecule has 0 saturated carbocycles. The summed E-state index contributed by atoms with van der Waals surface area (Å²) in [6.07, 6.45) is -0.262. The van der Waals surface area contributed by atoms with E-state index in [9.17, 15) is 71.1 Å². The van der Waals surface area contributed by atoms with Gasteiger partial charge in [0.1, 0.15) is 54.0 Å². The topological polar surface area (TPSA) is 439 Å². The van der Waals surface area contributed by atoms with E-state index in [1.165, 1.54) is 51.3 Å². The lowest BCUT2D eigenvalue weighted by atomic mass is 9.89. The third kappa shape index (κ3) is 28.5. The number of aromatic hydroxyl groups is 1. The van der Waals surface area contributed by atoms with Gasteiger partial charge in [0.2, 0.25) is 53.2 Å². The molecule has 5 rings (SSSR count).